The van der Waals surface area contributed by atoms with Crippen molar-refractivity contribution in [2.24, 2.45) is 22.2 Å². The minimum atomic E-state index is -0.00568. The zero-order valence-corrected chi connectivity index (χ0v) is 20.5. The third kappa shape index (κ3) is 8.41. The molecule has 2 heterocycles. The minimum Gasteiger partial charge on any atom is -0.381 e. The molecule has 2 fully saturated rings. The van der Waals surface area contributed by atoms with Gasteiger partial charge < -0.3 is 25.0 Å². The van der Waals surface area contributed by atoms with Gasteiger partial charge in [-0.05, 0) is 24.7 Å². The number of guanidine groups is 1. The van der Waals surface area contributed by atoms with Crippen LogP contribution in [0, 0.1) is 17.3 Å². The van der Waals surface area contributed by atoms with Gasteiger partial charge in [0.1, 0.15) is 6.54 Å². The number of nitrogens with zero attached hydrogens (tertiary/aromatic N) is 2. The fourth-order valence-electron chi connectivity index (χ4n) is 3.69. The van der Waals surface area contributed by atoms with Crippen LogP contribution in [0.2, 0.25) is 0 Å². The van der Waals surface area contributed by atoms with Gasteiger partial charge in [-0.2, -0.15) is 0 Å². The Hall–Kier alpha value is -0.610. The number of nitrogens with one attached hydrogen (secondary N) is 2. The van der Waals surface area contributed by atoms with E-state index in [1.165, 1.54) is 0 Å². The molecule has 28 heavy (non-hydrogen) atoms. The molecule has 2 N–H and O–H groups in total. The average molecular weight is 510 g/mol. The van der Waals surface area contributed by atoms with E-state index in [0.29, 0.717) is 17.8 Å². The number of likely N-dealkylation sites (N-methyl/N-ethyl adjacent to an activating group) is 1. The molecule has 2 saturated heterocycles. The molecule has 0 spiro atoms. The molecular formula is C20H39IN4O3. The molecule has 0 aromatic heterocycles. The molecule has 3 unspecified atom stereocenters. The number of amides is 1. The van der Waals surface area contributed by atoms with Gasteiger partial charge in [-0.25, -0.2) is 4.99 Å². The number of hydrogen-bond acceptors (Lipinski definition) is 4. The first-order chi connectivity index (χ1) is 12.8. The molecule has 0 aromatic carbocycles. The number of aliphatic imine (C=N–C) groups is 1. The summed E-state index contributed by atoms with van der Waals surface area (Å²) in [5, 5.41) is 6.85. The Morgan fingerprint density at radius 1 is 1.14 bits per heavy atom. The molecule has 8 heteroatoms. The molecule has 2 rings (SSSR count). The quantitative estimate of drug-likeness (QED) is 0.325. The van der Waals surface area contributed by atoms with E-state index < -0.39 is 0 Å². The van der Waals surface area contributed by atoms with Gasteiger partial charge in [0.05, 0.1) is 12.7 Å². The van der Waals surface area contributed by atoms with E-state index >= 15 is 0 Å². The predicted octanol–water partition coefficient (Wildman–Crippen LogP) is 2.11. The fraction of sp³-hybridized carbons (Fsp3) is 0.900. The molecular weight excluding hydrogens is 471 g/mol. The molecule has 3 atom stereocenters. The van der Waals surface area contributed by atoms with Crippen LogP contribution in [0.15, 0.2) is 4.99 Å². The maximum Gasteiger partial charge on any atom is 0.243 e. The first kappa shape index (κ1) is 25.4. The Bertz CT molecular complexity index is 502. The number of rotatable bonds is 6. The van der Waals surface area contributed by atoms with Crippen molar-refractivity contribution in [2.45, 2.75) is 46.1 Å². The summed E-state index contributed by atoms with van der Waals surface area (Å²) in [6.45, 7) is 10.9. The summed E-state index contributed by atoms with van der Waals surface area (Å²) >= 11 is 0. The Kier molecular flexibility index (Phi) is 11.1. The lowest BCUT2D eigenvalue weighted by molar-refractivity contribution is -0.127. The Labute approximate surface area is 187 Å². The summed E-state index contributed by atoms with van der Waals surface area (Å²) in [7, 11) is 3.50. The van der Waals surface area contributed by atoms with Crippen LogP contribution in [-0.2, 0) is 14.3 Å². The number of ether oxygens (including phenoxy) is 2. The SMILES string of the molecule is CN(C)C(=O)CN=C(NCC1CCOC1)NCC1CCCOC1C(C)(C)C.I. The first-order valence-corrected chi connectivity index (χ1v) is 10.2. The molecule has 1 amide bonds. The monoisotopic (exact) mass is 510 g/mol. The van der Waals surface area contributed by atoms with Gasteiger partial charge >= 0.3 is 0 Å². The zero-order valence-electron chi connectivity index (χ0n) is 18.1. The summed E-state index contributed by atoms with van der Waals surface area (Å²) in [5.74, 6) is 1.64. The third-order valence-corrected chi connectivity index (χ3v) is 5.28. The van der Waals surface area contributed by atoms with Crippen LogP contribution in [0.3, 0.4) is 0 Å². The number of halogens is 1. The normalized spacial score (nSPS) is 25.8. The van der Waals surface area contributed by atoms with E-state index in [4.69, 9.17) is 9.47 Å². The summed E-state index contributed by atoms with van der Waals surface area (Å²) in [5.41, 5.74) is 0.111. The van der Waals surface area contributed by atoms with Crippen molar-refractivity contribution in [3.63, 3.8) is 0 Å². The van der Waals surface area contributed by atoms with Gasteiger partial charge in [-0.3, -0.25) is 4.79 Å². The van der Waals surface area contributed by atoms with Gasteiger partial charge in [0.25, 0.3) is 0 Å². The van der Waals surface area contributed by atoms with Crippen LogP contribution in [0.4, 0.5) is 0 Å². The highest BCUT2D eigenvalue weighted by Gasteiger charge is 2.35. The van der Waals surface area contributed by atoms with Gasteiger partial charge in [0.2, 0.25) is 5.91 Å². The molecule has 0 radical (unpaired) electrons. The van der Waals surface area contributed by atoms with Crippen molar-refractivity contribution in [1.82, 2.24) is 15.5 Å². The lowest BCUT2D eigenvalue weighted by Gasteiger charge is -2.40. The molecule has 0 saturated carbocycles. The van der Waals surface area contributed by atoms with E-state index in [0.717, 1.165) is 52.2 Å². The van der Waals surface area contributed by atoms with Crippen LogP contribution in [0.25, 0.3) is 0 Å². The Balaban J connectivity index is 0.00000392. The molecule has 7 nitrogen and oxygen atoms in total. The van der Waals surface area contributed by atoms with Gasteiger partial charge in [0, 0.05) is 52.2 Å². The number of carbonyl (C=O) groups excluding carboxylic acids is 1. The largest absolute Gasteiger partial charge is 0.381 e. The molecule has 0 aliphatic carbocycles. The van der Waals surface area contributed by atoms with Crippen molar-refractivity contribution >= 4 is 35.8 Å². The van der Waals surface area contributed by atoms with Gasteiger partial charge in [0.15, 0.2) is 5.96 Å². The van der Waals surface area contributed by atoms with Crippen LogP contribution in [-0.4, -0.2) is 76.4 Å². The molecule has 0 aromatic rings. The van der Waals surface area contributed by atoms with E-state index in [9.17, 15) is 4.79 Å². The zero-order chi connectivity index (χ0) is 19.9. The summed E-state index contributed by atoms with van der Waals surface area (Å²) < 4.78 is 11.5. The highest BCUT2D eigenvalue weighted by Crippen LogP contribution is 2.33. The molecule has 0 bridgehead atoms. The van der Waals surface area contributed by atoms with Crippen LogP contribution in [0.1, 0.15) is 40.0 Å². The van der Waals surface area contributed by atoms with Crippen molar-refractivity contribution in [2.75, 3.05) is 53.6 Å². The van der Waals surface area contributed by atoms with Crippen molar-refractivity contribution in [3.8, 4) is 0 Å². The lowest BCUT2D eigenvalue weighted by atomic mass is 9.78. The second-order valence-electron chi connectivity index (χ2n) is 9.00. The van der Waals surface area contributed by atoms with Crippen molar-refractivity contribution in [3.05, 3.63) is 0 Å². The third-order valence-electron chi connectivity index (χ3n) is 5.28. The summed E-state index contributed by atoms with van der Waals surface area (Å²) in [4.78, 5) is 18.0. The van der Waals surface area contributed by atoms with Gasteiger partial charge in [-0.1, -0.05) is 20.8 Å². The van der Waals surface area contributed by atoms with E-state index in [1.807, 2.05) is 0 Å². The molecule has 164 valence electrons. The molecule has 2 aliphatic heterocycles. The van der Waals surface area contributed by atoms with Gasteiger partial charge in [-0.15, -0.1) is 24.0 Å². The van der Waals surface area contributed by atoms with Crippen molar-refractivity contribution in [1.29, 1.82) is 0 Å². The second-order valence-corrected chi connectivity index (χ2v) is 9.00. The van der Waals surface area contributed by atoms with E-state index in [2.05, 4.69) is 36.4 Å². The second kappa shape index (κ2) is 12.2. The number of carbonyl (C=O) groups is 1. The Morgan fingerprint density at radius 3 is 2.46 bits per heavy atom. The summed E-state index contributed by atoms with van der Waals surface area (Å²) in [6.07, 6.45) is 3.54. The Morgan fingerprint density at radius 2 is 1.86 bits per heavy atom. The van der Waals surface area contributed by atoms with Crippen LogP contribution in [0.5, 0.6) is 0 Å². The lowest BCUT2D eigenvalue weighted by Crippen LogP contribution is -2.48. The maximum absolute atomic E-state index is 11.9. The molecule has 2 aliphatic rings. The number of hydrogen-bond donors (Lipinski definition) is 2. The van der Waals surface area contributed by atoms with E-state index in [1.54, 1.807) is 19.0 Å². The highest BCUT2D eigenvalue weighted by molar-refractivity contribution is 14.0. The van der Waals surface area contributed by atoms with Crippen molar-refractivity contribution < 1.29 is 14.3 Å². The van der Waals surface area contributed by atoms with Crippen LogP contribution < -0.4 is 10.6 Å². The first-order valence-electron chi connectivity index (χ1n) is 10.2. The highest BCUT2D eigenvalue weighted by atomic mass is 127. The average Bonchev–Trinajstić information content (AvgIpc) is 3.13. The standard InChI is InChI=1S/C20H38N4O3.HI/c1-20(2,3)18-16(7-6-9-27-18)12-22-19(23-13-17(25)24(4)5)21-11-15-8-10-26-14-15;/h15-16,18H,6-14H2,1-5H3,(H2,21,22,23);1H. The fourth-order valence-corrected chi connectivity index (χ4v) is 3.69. The predicted molar refractivity (Wildman–Crippen MR) is 123 cm³/mol. The maximum atomic E-state index is 11.9. The van der Waals surface area contributed by atoms with E-state index in [-0.39, 0.29) is 47.9 Å². The smallest absolute Gasteiger partial charge is 0.243 e. The minimum absolute atomic E-state index is 0. The topological polar surface area (TPSA) is 75.2 Å². The summed E-state index contributed by atoms with van der Waals surface area (Å²) in [6, 6.07) is 0. The van der Waals surface area contributed by atoms with Crippen LogP contribution >= 0.6 is 24.0 Å².